The predicted molar refractivity (Wildman–Crippen MR) is 61.9 cm³/mol. The van der Waals surface area contributed by atoms with Crippen LogP contribution in [-0.4, -0.2) is 16.1 Å². The van der Waals surface area contributed by atoms with E-state index in [1.807, 2.05) is 0 Å². The summed E-state index contributed by atoms with van der Waals surface area (Å²) in [5, 5.41) is 29.1. The summed E-state index contributed by atoms with van der Waals surface area (Å²) in [6.07, 6.45) is 0. The highest BCUT2D eigenvalue weighted by Crippen LogP contribution is 2.11. The van der Waals surface area contributed by atoms with Crippen LogP contribution in [0.2, 0.25) is 0 Å². The molecule has 17 heavy (non-hydrogen) atoms. The molecule has 1 amide bonds. The standard InChI is InChI=1S/C12H12N2O3/c1-8(16)11(6-13)12(17)14-10-4-2-9(7-15)3-5-10/h2-5,15-16H,7H2,1H3,(H,14,17)/b11-8-. The fraction of sp³-hybridized carbons (Fsp3) is 0.167. The fourth-order valence-electron chi connectivity index (χ4n) is 1.18. The van der Waals surface area contributed by atoms with Gasteiger partial charge in [0.05, 0.1) is 6.61 Å². The molecule has 0 saturated heterocycles. The number of rotatable bonds is 3. The number of amides is 1. The molecule has 0 atom stereocenters. The van der Waals surface area contributed by atoms with Crippen molar-refractivity contribution < 1.29 is 15.0 Å². The van der Waals surface area contributed by atoms with Crippen molar-refractivity contribution in [2.24, 2.45) is 0 Å². The van der Waals surface area contributed by atoms with Crippen LogP contribution in [0.3, 0.4) is 0 Å². The highest BCUT2D eigenvalue weighted by molar-refractivity contribution is 6.06. The summed E-state index contributed by atoms with van der Waals surface area (Å²) in [4.78, 5) is 11.5. The molecule has 1 rings (SSSR count). The molecule has 0 bridgehead atoms. The van der Waals surface area contributed by atoms with E-state index >= 15 is 0 Å². The minimum absolute atomic E-state index is 0.0761. The normalized spacial score (nSPS) is 11.4. The molecule has 0 aliphatic heterocycles. The molecule has 0 aliphatic rings. The zero-order valence-corrected chi connectivity index (χ0v) is 9.27. The first-order valence-electron chi connectivity index (χ1n) is 4.89. The van der Waals surface area contributed by atoms with Gasteiger partial charge in [0.1, 0.15) is 11.8 Å². The van der Waals surface area contributed by atoms with Crippen molar-refractivity contribution in [3.63, 3.8) is 0 Å². The molecule has 0 fully saturated rings. The molecule has 0 saturated carbocycles. The van der Waals surface area contributed by atoms with Crippen LogP contribution < -0.4 is 5.32 Å². The lowest BCUT2D eigenvalue weighted by Gasteiger charge is -2.05. The average Bonchev–Trinajstić information content (AvgIpc) is 2.30. The van der Waals surface area contributed by atoms with Gasteiger partial charge in [0, 0.05) is 5.69 Å². The molecule has 88 valence electrons. The van der Waals surface area contributed by atoms with Crippen molar-refractivity contribution in [3.05, 3.63) is 41.2 Å². The second kappa shape index (κ2) is 5.68. The Balaban J connectivity index is 2.82. The third-order valence-electron chi connectivity index (χ3n) is 2.10. The number of benzene rings is 1. The molecule has 0 radical (unpaired) electrons. The Labute approximate surface area is 98.6 Å². The highest BCUT2D eigenvalue weighted by atomic mass is 16.3. The SMILES string of the molecule is C/C(O)=C(\C#N)C(=O)Nc1ccc(CO)cc1. The van der Waals surface area contributed by atoms with Gasteiger partial charge in [0.25, 0.3) is 5.91 Å². The van der Waals surface area contributed by atoms with E-state index in [1.54, 1.807) is 30.3 Å². The monoisotopic (exact) mass is 232 g/mol. The third kappa shape index (κ3) is 3.33. The van der Waals surface area contributed by atoms with Crippen LogP contribution in [0.4, 0.5) is 5.69 Å². The smallest absolute Gasteiger partial charge is 0.269 e. The first-order chi connectivity index (χ1) is 8.08. The highest BCUT2D eigenvalue weighted by Gasteiger charge is 2.12. The molecule has 0 unspecified atom stereocenters. The van der Waals surface area contributed by atoms with Crippen molar-refractivity contribution >= 4 is 11.6 Å². The van der Waals surface area contributed by atoms with Gasteiger partial charge in [0.15, 0.2) is 5.57 Å². The summed E-state index contributed by atoms with van der Waals surface area (Å²) in [5.74, 6) is -0.985. The summed E-state index contributed by atoms with van der Waals surface area (Å²) in [6, 6.07) is 8.13. The number of carbonyl (C=O) groups is 1. The Bertz CT molecular complexity index is 479. The van der Waals surface area contributed by atoms with Gasteiger partial charge in [-0.3, -0.25) is 4.79 Å². The van der Waals surface area contributed by atoms with E-state index in [9.17, 15) is 4.79 Å². The average molecular weight is 232 g/mol. The van der Waals surface area contributed by atoms with Crippen LogP contribution in [0, 0.1) is 11.3 Å². The van der Waals surface area contributed by atoms with Crippen LogP contribution in [-0.2, 0) is 11.4 Å². The van der Waals surface area contributed by atoms with Crippen LogP contribution in [0.1, 0.15) is 12.5 Å². The van der Waals surface area contributed by atoms with E-state index in [1.165, 1.54) is 6.92 Å². The largest absolute Gasteiger partial charge is 0.511 e. The summed E-state index contributed by atoms with van der Waals surface area (Å²) in [6.45, 7) is 1.19. The van der Waals surface area contributed by atoms with E-state index in [0.717, 1.165) is 5.56 Å². The molecular weight excluding hydrogens is 220 g/mol. The number of nitriles is 1. The molecule has 0 heterocycles. The third-order valence-corrected chi connectivity index (χ3v) is 2.10. The number of hydrogen-bond acceptors (Lipinski definition) is 4. The summed E-state index contributed by atoms with van der Waals surface area (Å²) < 4.78 is 0. The Kier molecular flexibility index (Phi) is 4.26. The first-order valence-corrected chi connectivity index (χ1v) is 4.89. The summed E-state index contributed by atoms with van der Waals surface area (Å²) >= 11 is 0. The van der Waals surface area contributed by atoms with Crippen molar-refractivity contribution in [2.45, 2.75) is 13.5 Å². The van der Waals surface area contributed by atoms with Crippen molar-refractivity contribution in [1.29, 1.82) is 5.26 Å². The minimum Gasteiger partial charge on any atom is -0.511 e. The van der Waals surface area contributed by atoms with Crippen LogP contribution in [0.15, 0.2) is 35.6 Å². The van der Waals surface area contributed by atoms with Gasteiger partial charge in [-0.15, -0.1) is 0 Å². The van der Waals surface area contributed by atoms with Crippen LogP contribution in [0.5, 0.6) is 0 Å². The summed E-state index contributed by atoms with van der Waals surface area (Å²) in [5.41, 5.74) is 0.884. The van der Waals surface area contributed by atoms with Crippen molar-refractivity contribution in [1.82, 2.24) is 0 Å². The Morgan fingerprint density at radius 2 is 2.00 bits per heavy atom. The minimum atomic E-state index is -0.663. The number of allylic oxidation sites excluding steroid dienone is 1. The Hall–Kier alpha value is -2.32. The lowest BCUT2D eigenvalue weighted by atomic mass is 10.2. The van der Waals surface area contributed by atoms with Crippen molar-refractivity contribution in [2.75, 3.05) is 5.32 Å². The van der Waals surface area contributed by atoms with Gasteiger partial charge in [-0.05, 0) is 24.6 Å². The van der Waals surface area contributed by atoms with Gasteiger partial charge < -0.3 is 15.5 Å². The van der Waals surface area contributed by atoms with Crippen molar-refractivity contribution in [3.8, 4) is 6.07 Å². The zero-order valence-electron chi connectivity index (χ0n) is 9.27. The van der Waals surface area contributed by atoms with Crippen LogP contribution >= 0.6 is 0 Å². The Morgan fingerprint density at radius 1 is 1.41 bits per heavy atom. The Morgan fingerprint density at radius 3 is 2.41 bits per heavy atom. The zero-order chi connectivity index (χ0) is 12.8. The molecule has 0 aromatic heterocycles. The maximum absolute atomic E-state index is 11.5. The topological polar surface area (TPSA) is 93.3 Å². The second-order valence-electron chi connectivity index (χ2n) is 3.38. The molecule has 3 N–H and O–H groups in total. The quantitative estimate of drug-likeness (QED) is 0.418. The van der Waals surface area contributed by atoms with Gasteiger partial charge >= 0.3 is 0 Å². The first kappa shape index (κ1) is 12.7. The van der Waals surface area contributed by atoms with Crippen LogP contribution in [0.25, 0.3) is 0 Å². The molecule has 1 aromatic carbocycles. The van der Waals surface area contributed by atoms with Gasteiger partial charge in [-0.2, -0.15) is 5.26 Å². The summed E-state index contributed by atoms with van der Waals surface area (Å²) in [7, 11) is 0. The van der Waals surface area contributed by atoms with E-state index in [4.69, 9.17) is 15.5 Å². The number of aliphatic hydroxyl groups excluding tert-OH is 2. The number of aliphatic hydroxyl groups is 2. The van der Waals surface area contributed by atoms with Gasteiger partial charge in [-0.1, -0.05) is 12.1 Å². The van der Waals surface area contributed by atoms with E-state index < -0.39 is 5.91 Å². The number of anilines is 1. The fourth-order valence-corrected chi connectivity index (χ4v) is 1.18. The van der Waals surface area contributed by atoms with E-state index in [2.05, 4.69) is 5.32 Å². The maximum Gasteiger partial charge on any atom is 0.269 e. The van der Waals surface area contributed by atoms with Gasteiger partial charge in [0.2, 0.25) is 0 Å². The van der Waals surface area contributed by atoms with E-state index in [0.29, 0.717) is 5.69 Å². The molecule has 5 nitrogen and oxygen atoms in total. The molecule has 0 aliphatic carbocycles. The lowest BCUT2D eigenvalue weighted by molar-refractivity contribution is -0.112. The number of nitrogens with one attached hydrogen (secondary N) is 1. The number of carbonyl (C=O) groups excluding carboxylic acids is 1. The second-order valence-corrected chi connectivity index (χ2v) is 3.38. The predicted octanol–water partition coefficient (Wildman–Crippen LogP) is 1.47. The molecular formula is C12H12N2O3. The maximum atomic E-state index is 11.5. The lowest BCUT2D eigenvalue weighted by Crippen LogP contribution is -2.14. The molecule has 0 spiro atoms. The van der Waals surface area contributed by atoms with Gasteiger partial charge in [-0.25, -0.2) is 0 Å². The molecule has 5 heteroatoms. The molecule has 1 aromatic rings. The van der Waals surface area contributed by atoms with E-state index in [-0.39, 0.29) is 17.9 Å². The number of hydrogen-bond donors (Lipinski definition) is 3. The number of nitrogens with zero attached hydrogens (tertiary/aromatic N) is 1.